The first-order chi connectivity index (χ1) is 9.25. The van der Waals surface area contributed by atoms with Crippen molar-refractivity contribution >= 4 is 5.91 Å². The van der Waals surface area contributed by atoms with Crippen molar-refractivity contribution in [2.75, 3.05) is 6.54 Å². The minimum absolute atomic E-state index is 0.102. The standard InChI is InChI=1S/C14H16N2O3/c17-12(13-4-2-8-19-13)10-16-14(18)6-5-11-3-1-7-15-9-11/h1-4,7-9,12,17H,5-6,10H2,(H,16,18). The smallest absolute Gasteiger partial charge is 0.220 e. The number of amides is 1. The van der Waals surface area contributed by atoms with Crippen LogP contribution < -0.4 is 5.32 Å². The van der Waals surface area contributed by atoms with E-state index in [0.717, 1.165) is 5.56 Å². The Morgan fingerprint density at radius 2 is 2.32 bits per heavy atom. The van der Waals surface area contributed by atoms with Crippen LogP contribution in [0.1, 0.15) is 23.8 Å². The Morgan fingerprint density at radius 1 is 1.42 bits per heavy atom. The van der Waals surface area contributed by atoms with E-state index >= 15 is 0 Å². The zero-order valence-corrected chi connectivity index (χ0v) is 10.5. The molecule has 1 amide bonds. The summed E-state index contributed by atoms with van der Waals surface area (Å²) in [6.07, 6.45) is 5.13. The van der Waals surface area contributed by atoms with Crippen molar-refractivity contribution in [2.45, 2.75) is 18.9 Å². The highest BCUT2D eigenvalue weighted by molar-refractivity contribution is 5.76. The zero-order valence-electron chi connectivity index (χ0n) is 10.5. The number of hydrogen-bond acceptors (Lipinski definition) is 4. The maximum absolute atomic E-state index is 11.6. The summed E-state index contributed by atoms with van der Waals surface area (Å²) in [5, 5.41) is 12.4. The van der Waals surface area contributed by atoms with E-state index in [1.54, 1.807) is 24.5 Å². The first kappa shape index (κ1) is 13.3. The Balaban J connectivity index is 1.70. The van der Waals surface area contributed by atoms with Crippen molar-refractivity contribution in [3.63, 3.8) is 0 Å². The summed E-state index contributed by atoms with van der Waals surface area (Å²) in [4.78, 5) is 15.6. The Hall–Kier alpha value is -2.14. The molecule has 0 aliphatic carbocycles. The van der Waals surface area contributed by atoms with Gasteiger partial charge in [0.2, 0.25) is 5.91 Å². The molecule has 19 heavy (non-hydrogen) atoms. The second kappa shape index (κ2) is 6.70. The Morgan fingerprint density at radius 3 is 3.00 bits per heavy atom. The molecule has 1 unspecified atom stereocenters. The molecule has 0 saturated heterocycles. The molecule has 0 saturated carbocycles. The summed E-state index contributed by atoms with van der Waals surface area (Å²) < 4.78 is 5.05. The number of carbonyl (C=O) groups is 1. The van der Waals surface area contributed by atoms with Crippen molar-refractivity contribution < 1.29 is 14.3 Å². The van der Waals surface area contributed by atoms with E-state index in [1.807, 2.05) is 12.1 Å². The fourth-order valence-electron chi connectivity index (χ4n) is 1.68. The number of aliphatic hydroxyl groups excluding tert-OH is 1. The summed E-state index contributed by atoms with van der Waals surface area (Å²) in [6, 6.07) is 7.14. The topological polar surface area (TPSA) is 75.4 Å². The number of furan rings is 1. The van der Waals surface area contributed by atoms with Gasteiger partial charge in [0, 0.05) is 18.8 Å². The van der Waals surface area contributed by atoms with Crippen LogP contribution in [0.5, 0.6) is 0 Å². The van der Waals surface area contributed by atoms with Gasteiger partial charge in [-0.25, -0.2) is 0 Å². The van der Waals surface area contributed by atoms with Crippen LogP contribution in [-0.4, -0.2) is 22.5 Å². The molecule has 1 atom stereocenters. The van der Waals surface area contributed by atoms with Crippen LogP contribution in [0.4, 0.5) is 0 Å². The van der Waals surface area contributed by atoms with E-state index in [4.69, 9.17) is 4.42 Å². The number of hydrogen-bond donors (Lipinski definition) is 2. The number of carbonyl (C=O) groups excluding carboxylic acids is 1. The van der Waals surface area contributed by atoms with Crippen LogP contribution in [0, 0.1) is 0 Å². The SMILES string of the molecule is O=C(CCc1cccnc1)NCC(O)c1ccco1. The Bertz CT molecular complexity index is 497. The minimum Gasteiger partial charge on any atom is -0.467 e. The third kappa shape index (κ3) is 4.22. The average molecular weight is 260 g/mol. The highest BCUT2D eigenvalue weighted by Gasteiger charge is 2.11. The van der Waals surface area contributed by atoms with Gasteiger partial charge in [-0.3, -0.25) is 9.78 Å². The summed E-state index contributed by atoms with van der Waals surface area (Å²) in [5.74, 6) is 0.349. The van der Waals surface area contributed by atoms with Crippen LogP contribution in [0.25, 0.3) is 0 Å². The number of aryl methyl sites for hydroxylation is 1. The molecule has 2 N–H and O–H groups in total. The first-order valence-corrected chi connectivity index (χ1v) is 6.13. The summed E-state index contributed by atoms with van der Waals surface area (Å²) in [6.45, 7) is 0.152. The summed E-state index contributed by atoms with van der Waals surface area (Å²) in [7, 11) is 0. The van der Waals surface area contributed by atoms with Gasteiger partial charge in [0.1, 0.15) is 11.9 Å². The summed E-state index contributed by atoms with van der Waals surface area (Å²) in [5.41, 5.74) is 1.02. The van der Waals surface area contributed by atoms with Gasteiger partial charge in [0.25, 0.3) is 0 Å². The number of pyridine rings is 1. The fraction of sp³-hybridized carbons (Fsp3) is 0.286. The van der Waals surface area contributed by atoms with Crippen molar-refractivity contribution in [1.29, 1.82) is 0 Å². The van der Waals surface area contributed by atoms with Crippen LogP contribution in [0.3, 0.4) is 0 Å². The lowest BCUT2D eigenvalue weighted by molar-refractivity contribution is -0.121. The lowest BCUT2D eigenvalue weighted by atomic mass is 10.1. The number of aliphatic hydroxyl groups is 1. The molecule has 2 aromatic rings. The molecule has 5 nitrogen and oxygen atoms in total. The van der Waals surface area contributed by atoms with Gasteiger partial charge in [0.05, 0.1) is 12.8 Å². The predicted molar refractivity (Wildman–Crippen MR) is 69.2 cm³/mol. The molecule has 100 valence electrons. The average Bonchev–Trinajstić information content (AvgIpc) is 2.98. The lowest BCUT2D eigenvalue weighted by Crippen LogP contribution is -2.28. The minimum atomic E-state index is -0.808. The van der Waals surface area contributed by atoms with Gasteiger partial charge in [-0.05, 0) is 30.2 Å². The first-order valence-electron chi connectivity index (χ1n) is 6.13. The highest BCUT2D eigenvalue weighted by atomic mass is 16.4. The van der Waals surface area contributed by atoms with E-state index in [2.05, 4.69) is 10.3 Å². The number of nitrogens with zero attached hydrogens (tertiary/aromatic N) is 1. The third-order valence-corrected chi connectivity index (χ3v) is 2.73. The second-order valence-electron chi connectivity index (χ2n) is 4.20. The van der Waals surface area contributed by atoms with Crippen LogP contribution in [-0.2, 0) is 11.2 Å². The fourth-order valence-corrected chi connectivity index (χ4v) is 1.68. The molecule has 0 fully saturated rings. The van der Waals surface area contributed by atoms with Crippen LogP contribution >= 0.6 is 0 Å². The molecule has 2 heterocycles. The second-order valence-corrected chi connectivity index (χ2v) is 4.20. The summed E-state index contributed by atoms with van der Waals surface area (Å²) >= 11 is 0. The quantitative estimate of drug-likeness (QED) is 0.824. The van der Waals surface area contributed by atoms with Gasteiger partial charge >= 0.3 is 0 Å². The van der Waals surface area contributed by atoms with Gasteiger partial charge in [-0.1, -0.05) is 6.07 Å². The molecular weight excluding hydrogens is 244 g/mol. The van der Waals surface area contributed by atoms with Crippen molar-refractivity contribution in [1.82, 2.24) is 10.3 Å². The molecule has 2 aromatic heterocycles. The maximum atomic E-state index is 11.6. The van der Waals surface area contributed by atoms with E-state index < -0.39 is 6.10 Å². The number of aromatic nitrogens is 1. The monoisotopic (exact) mass is 260 g/mol. The van der Waals surface area contributed by atoms with Gasteiger partial charge < -0.3 is 14.8 Å². The normalized spacial score (nSPS) is 12.1. The Kier molecular flexibility index (Phi) is 4.69. The van der Waals surface area contributed by atoms with E-state index in [-0.39, 0.29) is 12.5 Å². The molecule has 0 radical (unpaired) electrons. The molecule has 0 aliphatic rings. The molecular formula is C14H16N2O3. The Labute approximate surface area is 111 Å². The molecule has 0 aromatic carbocycles. The number of nitrogens with one attached hydrogen (secondary N) is 1. The van der Waals surface area contributed by atoms with Gasteiger partial charge in [-0.2, -0.15) is 0 Å². The largest absolute Gasteiger partial charge is 0.467 e. The molecule has 2 rings (SSSR count). The highest BCUT2D eigenvalue weighted by Crippen LogP contribution is 2.11. The maximum Gasteiger partial charge on any atom is 0.220 e. The lowest BCUT2D eigenvalue weighted by Gasteiger charge is -2.09. The molecule has 0 bridgehead atoms. The molecule has 5 heteroatoms. The van der Waals surface area contributed by atoms with E-state index in [0.29, 0.717) is 18.6 Å². The van der Waals surface area contributed by atoms with Crippen LogP contribution in [0.15, 0.2) is 47.3 Å². The third-order valence-electron chi connectivity index (χ3n) is 2.73. The number of rotatable bonds is 6. The molecule has 0 spiro atoms. The van der Waals surface area contributed by atoms with Gasteiger partial charge in [-0.15, -0.1) is 0 Å². The van der Waals surface area contributed by atoms with Crippen LogP contribution in [0.2, 0.25) is 0 Å². The van der Waals surface area contributed by atoms with E-state index in [1.165, 1.54) is 6.26 Å². The van der Waals surface area contributed by atoms with Crippen molar-refractivity contribution in [3.05, 3.63) is 54.2 Å². The van der Waals surface area contributed by atoms with Gasteiger partial charge in [0.15, 0.2) is 0 Å². The zero-order chi connectivity index (χ0) is 13.5. The van der Waals surface area contributed by atoms with Crippen molar-refractivity contribution in [3.8, 4) is 0 Å². The predicted octanol–water partition coefficient (Wildman–Crippen LogP) is 1.46. The van der Waals surface area contributed by atoms with E-state index in [9.17, 15) is 9.90 Å². The molecule has 0 aliphatic heterocycles. The van der Waals surface area contributed by atoms with Crippen molar-refractivity contribution in [2.24, 2.45) is 0 Å².